The van der Waals surface area contributed by atoms with Crippen molar-refractivity contribution in [2.24, 2.45) is 0 Å². The SMILES string of the molecule is N#CC(C(=O)c1[nH]nc2c1Cc1ccccc1-2)S(=O)(=O)c1ccccc1. The van der Waals surface area contributed by atoms with Gasteiger partial charge in [-0.2, -0.15) is 10.4 Å². The van der Waals surface area contributed by atoms with Crippen LogP contribution in [0.2, 0.25) is 0 Å². The lowest BCUT2D eigenvalue weighted by atomic mass is 10.1. The zero-order valence-electron chi connectivity index (χ0n) is 13.5. The van der Waals surface area contributed by atoms with E-state index in [-0.39, 0.29) is 10.6 Å². The Morgan fingerprint density at radius 1 is 1.12 bits per heavy atom. The predicted molar refractivity (Wildman–Crippen MR) is 94.2 cm³/mol. The summed E-state index contributed by atoms with van der Waals surface area (Å²) in [5.41, 5.74) is 3.30. The lowest BCUT2D eigenvalue weighted by Crippen LogP contribution is -2.30. The minimum absolute atomic E-state index is 0.0562. The monoisotopic (exact) mass is 363 g/mol. The summed E-state index contributed by atoms with van der Waals surface area (Å²) in [4.78, 5) is 12.8. The number of benzene rings is 2. The van der Waals surface area contributed by atoms with Crippen LogP contribution in [0.15, 0.2) is 59.5 Å². The molecule has 0 saturated carbocycles. The van der Waals surface area contributed by atoms with E-state index in [4.69, 9.17) is 0 Å². The maximum atomic E-state index is 12.9. The van der Waals surface area contributed by atoms with E-state index in [9.17, 15) is 18.5 Å². The van der Waals surface area contributed by atoms with Crippen molar-refractivity contribution in [3.05, 3.63) is 71.4 Å². The number of hydrogen-bond donors (Lipinski definition) is 1. The molecule has 0 amide bonds. The molecule has 0 spiro atoms. The molecule has 1 aliphatic rings. The predicted octanol–water partition coefficient (Wildman–Crippen LogP) is 2.53. The van der Waals surface area contributed by atoms with Gasteiger partial charge in [0.25, 0.3) is 0 Å². The second-order valence-corrected chi connectivity index (χ2v) is 8.02. The lowest BCUT2D eigenvalue weighted by Gasteiger charge is -2.09. The van der Waals surface area contributed by atoms with E-state index < -0.39 is 20.9 Å². The fourth-order valence-corrected chi connectivity index (χ4v) is 4.55. The van der Waals surface area contributed by atoms with Crippen LogP contribution in [0.5, 0.6) is 0 Å². The number of nitrogens with one attached hydrogen (secondary N) is 1. The zero-order valence-corrected chi connectivity index (χ0v) is 14.3. The van der Waals surface area contributed by atoms with Gasteiger partial charge in [-0.25, -0.2) is 8.42 Å². The Balaban J connectivity index is 1.75. The van der Waals surface area contributed by atoms with Crippen molar-refractivity contribution >= 4 is 15.6 Å². The topological polar surface area (TPSA) is 104 Å². The Labute approximate surface area is 150 Å². The number of H-pyrrole nitrogens is 1. The minimum Gasteiger partial charge on any atom is -0.290 e. The van der Waals surface area contributed by atoms with E-state index >= 15 is 0 Å². The highest BCUT2D eigenvalue weighted by molar-refractivity contribution is 7.93. The Morgan fingerprint density at radius 3 is 2.54 bits per heavy atom. The molecule has 4 rings (SSSR count). The first-order valence-corrected chi connectivity index (χ1v) is 9.47. The third kappa shape index (κ3) is 2.35. The molecule has 6 nitrogen and oxygen atoms in total. The summed E-state index contributed by atoms with van der Waals surface area (Å²) in [6, 6.07) is 16.8. The number of aromatic amines is 1. The van der Waals surface area contributed by atoms with Crippen molar-refractivity contribution in [2.45, 2.75) is 16.6 Å². The number of fused-ring (bicyclic) bond motifs is 3. The summed E-state index contributed by atoms with van der Waals surface area (Å²) in [7, 11) is -4.12. The summed E-state index contributed by atoms with van der Waals surface area (Å²) in [6.45, 7) is 0. The van der Waals surface area contributed by atoms with Crippen LogP contribution in [-0.2, 0) is 16.3 Å². The van der Waals surface area contributed by atoms with E-state index in [2.05, 4.69) is 10.2 Å². The summed E-state index contributed by atoms with van der Waals surface area (Å²) in [5.74, 6) is -0.780. The highest BCUT2D eigenvalue weighted by atomic mass is 32.2. The van der Waals surface area contributed by atoms with Gasteiger partial charge in [-0.3, -0.25) is 9.89 Å². The normalized spacial score (nSPS) is 13.5. The molecule has 0 saturated heterocycles. The van der Waals surface area contributed by atoms with Gasteiger partial charge in [-0.1, -0.05) is 42.5 Å². The maximum absolute atomic E-state index is 12.9. The molecular formula is C19H13N3O3S. The Bertz CT molecular complexity index is 1160. The van der Waals surface area contributed by atoms with Crippen LogP contribution in [-0.4, -0.2) is 29.6 Å². The molecule has 0 fully saturated rings. The van der Waals surface area contributed by atoms with Gasteiger partial charge in [0.05, 0.1) is 16.7 Å². The van der Waals surface area contributed by atoms with E-state index in [0.717, 1.165) is 11.1 Å². The van der Waals surface area contributed by atoms with E-state index in [1.807, 2.05) is 24.3 Å². The summed E-state index contributed by atoms with van der Waals surface area (Å²) < 4.78 is 25.5. The van der Waals surface area contributed by atoms with Gasteiger partial charge < -0.3 is 0 Å². The Kier molecular flexibility index (Phi) is 3.71. The molecule has 128 valence electrons. The van der Waals surface area contributed by atoms with Crippen LogP contribution in [0.3, 0.4) is 0 Å². The third-order valence-corrected chi connectivity index (χ3v) is 6.36. The smallest absolute Gasteiger partial charge is 0.216 e. The van der Waals surface area contributed by atoms with Crippen LogP contribution in [0.4, 0.5) is 0 Å². The van der Waals surface area contributed by atoms with Crippen LogP contribution in [0.1, 0.15) is 21.6 Å². The van der Waals surface area contributed by atoms with Crippen LogP contribution < -0.4 is 0 Å². The molecule has 1 atom stereocenters. The molecule has 0 radical (unpaired) electrons. The lowest BCUT2D eigenvalue weighted by molar-refractivity contribution is 0.0995. The van der Waals surface area contributed by atoms with Crippen molar-refractivity contribution in [3.8, 4) is 17.3 Å². The molecular weight excluding hydrogens is 350 g/mol. The van der Waals surface area contributed by atoms with Gasteiger partial charge in [0.1, 0.15) is 5.69 Å². The molecule has 1 unspecified atom stereocenters. The van der Waals surface area contributed by atoms with Crippen molar-refractivity contribution in [3.63, 3.8) is 0 Å². The standard InChI is InChI=1S/C19H13N3O3S/c20-11-16(26(24,25)13-7-2-1-3-8-13)19(23)18-15-10-12-6-4-5-9-14(12)17(15)21-22-18/h1-9,16H,10H2,(H,21,22). The van der Waals surface area contributed by atoms with Crippen LogP contribution >= 0.6 is 0 Å². The molecule has 0 aliphatic heterocycles. The van der Waals surface area contributed by atoms with E-state index in [1.54, 1.807) is 24.3 Å². The molecule has 3 aromatic rings. The molecule has 2 aromatic carbocycles. The summed E-state index contributed by atoms with van der Waals surface area (Å²) in [6.07, 6.45) is 0.479. The first kappa shape index (κ1) is 16.2. The van der Waals surface area contributed by atoms with Crippen molar-refractivity contribution in [1.82, 2.24) is 10.2 Å². The van der Waals surface area contributed by atoms with Crippen molar-refractivity contribution < 1.29 is 13.2 Å². The summed E-state index contributed by atoms with van der Waals surface area (Å²) >= 11 is 0. The second-order valence-electron chi connectivity index (χ2n) is 5.99. The number of Topliss-reactive ketones (excluding diaryl/α,β-unsaturated/α-hetero) is 1. The Morgan fingerprint density at radius 2 is 1.81 bits per heavy atom. The average molecular weight is 363 g/mol. The highest BCUT2D eigenvalue weighted by Gasteiger charge is 2.38. The molecule has 1 N–H and O–H groups in total. The average Bonchev–Trinajstić information content (AvgIpc) is 3.22. The molecule has 7 heteroatoms. The van der Waals surface area contributed by atoms with E-state index in [1.165, 1.54) is 12.1 Å². The van der Waals surface area contributed by atoms with Gasteiger partial charge in [0.2, 0.25) is 20.9 Å². The number of sulfone groups is 1. The number of rotatable bonds is 4. The number of carbonyl (C=O) groups excluding carboxylic acids is 1. The minimum atomic E-state index is -4.12. The second kappa shape index (κ2) is 5.93. The molecule has 26 heavy (non-hydrogen) atoms. The number of nitriles is 1. The fourth-order valence-electron chi connectivity index (χ4n) is 3.21. The third-order valence-electron chi connectivity index (χ3n) is 4.49. The van der Waals surface area contributed by atoms with E-state index in [0.29, 0.717) is 17.7 Å². The molecule has 0 bridgehead atoms. The Hall–Kier alpha value is -3.24. The first-order valence-electron chi connectivity index (χ1n) is 7.92. The first-order chi connectivity index (χ1) is 12.5. The van der Waals surface area contributed by atoms with Crippen LogP contribution in [0.25, 0.3) is 11.3 Å². The maximum Gasteiger partial charge on any atom is 0.216 e. The number of aromatic nitrogens is 2. The van der Waals surface area contributed by atoms with Crippen molar-refractivity contribution in [1.29, 1.82) is 5.26 Å². The molecule has 1 aliphatic carbocycles. The number of hydrogen-bond acceptors (Lipinski definition) is 5. The fraction of sp³-hybridized carbons (Fsp3) is 0.105. The summed E-state index contributed by atoms with van der Waals surface area (Å²) in [5, 5.41) is 14.4. The number of nitrogens with zero attached hydrogens (tertiary/aromatic N) is 2. The van der Waals surface area contributed by atoms with Gasteiger partial charge in [-0.15, -0.1) is 0 Å². The van der Waals surface area contributed by atoms with Gasteiger partial charge >= 0.3 is 0 Å². The molecule has 1 aromatic heterocycles. The number of ketones is 1. The number of carbonyl (C=O) groups is 1. The largest absolute Gasteiger partial charge is 0.290 e. The van der Waals surface area contributed by atoms with Crippen LogP contribution in [0, 0.1) is 11.3 Å². The van der Waals surface area contributed by atoms with Gasteiger partial charge in [0.15, 0.2) is 0 Å². The van der Waals surface area contributed by atoms with Gasteiger partial charge in [-0.05, 0) is 17.7 Å². The zero-order chi connectivity index (χ0) is 18.3. The van der Waals surface area contributed by atoms with Crippen molar-refractivity contribution in [2.75, 3.05) is 0 Å². The molecule has 1 heterocycles. The van der Waals surface area contributed by atoms with Gasteiger partial charge in [0, 0.05) is 17.5 Å². The highest BCUT2D eigenvalue weighted by Crippen LogP contribution is 2.37. The quantitative estimate of drug-likeness (QED) is 0.561.